The summed E-state index contributed by atoms with van der Waals surface area (Å²) in [6, 6.07) is 2.74. The summed E-state index contributed by atoms with van der Waals surface area (Å²) in [5.41, 5.74) is 1.31. The van der Waals surface area contributed by atoms with Crippen LogP contribution in [0.15, 0.2) is 16.7 Å². The van der Waals surface area contributed by atoms with Crippen LogP contribution in [0.4, 0.5) is 0 Å². The molecule has 3 heteroatoms. The van der Waals surface area contributed by atoms with Crippen LogP contribution in [-0.2, 0) is 13.1 Å². The third kappa shape index (κ3) is 3.61. The Morgan fingerprint density at radius 2 is 2.16 bits per heavy atom. The number of nitrogens with one attached hydrogen (secondary N) is 1. The zero-order valence-electron chi connectivity index (χ0n) is 12.8. The van der Waals surface area contributed by atoms with Crippen molar-refractivity contribution in [3.63, 3.8) is 0 Å². The first-order chi connectivity index (χ1) is 9.11. The molecule has 0 aromatic carbocycles. The fourth-order valence-corrected chi connectivity index (χ4v) is 3.15. The van der Waals surface area contributed by atoms with E-state index in [1.165, 1.54) is 18.5 Å². The Bertz CT molecular complexity index is 388. The van der Waals surface area contributed by atoms with E-state index in [9.17, 15) is 0 Å². The highest BCUT2D eigenvalue weighted by atomic mass is 16.3. The molecule has 0 bridgehead atoms. The molecule has 0 saturated carbocycles. The van der Waals surface area contributed by atoms with E-state index in [0.29, 0.717) is 6.04 Å². The van der Waals surface area contributed by atoms with Crippen molar-refractivity contribution in [3.05, 3.63) is 23.7 Å². The van der Waals surface area contributed by atoms with Crippen LogP contribution < -0.4 is 5.32 Å². The quantitative estimate of drug-likeness (QED) is 0.885. The van der Waals surface area contributed by atoms with Gasteiger partial charge in [0.1, 0.15) is 5.76 Å². The van der Waals surface area contributed by atoms with E-state index in [-0.39, 0.29) is 0 Å². The van der Waals surface area contributed by atoms with Crippen molar-refractivity contribution in [3.8, 4) is 0 Å². The van der Waals surface area contributed by atoms with Crippen LogP contribution in [0.5, 0.6) is 0 Å². The van der Waals surface area contributed by atoms with E-state index in [4.69, 9.17) is 4.42 Å². The average Bonchev–Trinajstić information content (AvgIpc) is 2.80. The number of piperidine rings is 1. The average molecular weight is 264 g/mol. The van der Waals surface area contributed by atoms with Crippen LogP contribution in [-0.4, -0.2) is 24.0 Å². The lowest BCUT2D eigenvalue weighted by atomic mass is 9.86. The second-order valence-electron chi connectivity index (χ2n) is 6.14. The molecule has 1 saturated heterocycles. The summed E-state index contributed by atoms with van der Waals surface area (Å²) >= 11 is 0. The van der Waals surface area contributed by atoms with Gasteiger partial charge in [-0.05, 0) is 37.8 Å². The van der Waals surface area contributed by atoms with Gasteiger partial charge in [-0.2, -0.15) is 0 Å². The molecule has 1 aliphatic heterocycles. The lowest BCUT2D eigenvalue weighted by Crippen LogP contribution is -2.45. The molecule has 1 aromatic rings. The normalized spacial score (nSPS) is 28.7. The van der Waals surface area contributed by atoms with Crippen LogP contribution in [0.1, 0.15) is 45.4 Å². The molecule has 0 radical (unpaired) electrons. The number of furan rings is 1. The van der Waals surface area contributed by atoms with E-state index >= 15 is 0 Å². The number of rotatable bonds is 5. The largest absolute Gasteiger partial charge is 0.468 e. The second kappa shape index (κ2) is 6.58. The third-order valence-corrected chi connectivity index (χ3v) is 4.47. The Morgan fingerprint density at radius 1 is 1.37 bits per heavy atom. The second-order valence-corrected chi connectivity index (χ2v) is 6.14. The molecule has 3 nitrogen and oxygen atoms in total. The summed E-state index contributed by atoms with van der Waals surface area (Å²) in [5, 5.41) is 3.38. The van der Waals surface area contributed by atoms with Gasteiger partial charge >= 0.3 is 0 Å². The van der Waals surface area contributed by atoms with E-state index in [0.717, 1.165) is 37.2 Å². The van der Waals surface area contributed by atoms with Crippen molar-refractivity contribution in [1.29, 1.82) is 0 Å². The molecule has 2 heterocycles. The molecule has 0 spiro atoms. The van der Waals surface area contributed by atoms with Crippen LogP contribution in [0, 0.1) is 11.8 Å². The highest BCUT2D eigenvalue weighted by Crippen LogP contribution is 2.28. The van der Waals surface area contributed by atoms with E-state index < -0.39 is 0 Å². The Morgan fingerprint density at radius 3 is 2.89 bits per heavy atom. The monoisotopic (exact) mass is 264 g/mol. The summed E-state index contributed by atoms with van der Waals surface area (Å²) < 4.78 is 5.70. The zero-order valence-corrected chi connectivity index (χ0v) is 12.8. The minimum Gasteiger partial charge on any atom is -0.468 e. The Hall–Kier alpha value is -0.800. The number of hydrogen-bond acceptors (Lipinski definition) is 3. The number of nitrogens with zero attached hydrogens (tertiary/aromatic N) is 1. The first-order valence-electron chi connectivity index (χ1n) is 7.61. The molecule has 1 aliphatic rings. The maximum atomic E-state index is 5.70. The molecule has 0 aliphatic carbocycles. The van der Waals surface area contributed by atoms with Crippen molar-refractivity contribution >= 4 is 0 Å². The molecule has 108 valence electrons. The Balaban J connectivity index is 2.01. The van der Waals surface area contributed by atoms with Crippen LogP contribution in [0.2, 0.25) is 0 Å². The van der Waals surface area contributed by atoms with Gasteiger partial charge in [-0.15, -0.1) is 0 Å². The van der Waals surface area contributed by atoms with Crippen LogP contribution in [0.25, 0.3) is 0 Å². The highest BCUT2D eigenvalue weighted by Gasteiger charge is 2.29. The fourth-order valence-electron chi connectivity index (χ4n) is 3.15. The summed E-state index contributed by atoms with van der Waals surface area (Å²) in [6.07, 6.45) is 3.17. The summed E-state index contributed by atoms with van der Waals surface area (Å²) in [4.78, 5) is 2.58. The SMILES string of the molecule is CCNCc1ccoc1CN1CC(C)CC(C)C1C. The number of likely N-dealkylation sites (tertiary alicyclic amines) is 1. The van der Waals surface area contributed by atoms with E-state index in [2.05, 4.69) is 44.0 Å². The van der Waals surface area contributed by atoms with Crippen molar-refractivity contribution in [2.45, 2.75) is 53.2 Å². The fraction of sp³-hybridized carbons (Fsp3) is 0.750. The predicted octanol–water partition coefficient (Wildman–Crippen LogP) is 3.26. The number of hydrogen-bond donors (Lipinski definition) is 1. The minimum atomic E-state index is 0.647. The van der Waals surface area contributed by atoms with Gasteiger partial charge in [-0.3, -0.25) is 4.90 Å². The van der Waals surface area contributed by atoms with Crippen molar-refractivity contribution < 1.29 is 4.42 Å². The lowest BCUT2D eigenvalue weighted by Gasteiger charge is -2.40. The van der Waals surface area contributed by atoms with Crippen LogP contribution >= 0.6 is 0 Å². The zero-order chi connectivity index (χ0) is 13.8. The van der Waals surface area contributed by atoms with Gasteiger partial charge in [0.15, 0.2) is 0 Å². The molecule has 3 unspecified atom stereocenters. The summed E-state index contributed by atoms with van der Waals surface area (Å²) in [7, 11) is 0. The molecule has 19 heavy (non-hydrogen) atoms. The summed E-state index contributed by atoms with van der Waals surface area (Å²) in [5.74, 6) is 2.70. The molecule has 1 N–H and O–H groups in total. The van der Waals surface area contributed by atoms with Gasteiger partial charge in [0.05, 0.1) is 12.8 Å². The van der Waals surface area contributed by atoms with Gasteiger partial charge in [0.2, 0.25) is 0 Å². The lowest BCUT2D eigenvalue weighted by molar-refractivity contribution is 0.0665. The van der Waals surface area contributed by atoms with Gasteiger partial charge < -0.3 is 9.73 Å². The maximum absolute atomic E-state index is 5.70. The highest BCUT2D eigenvalue weighted by molar-refractivity contribution is 5.17. The summed E-state index contributed by atoms with van der Waals surface area (Å²) in [6.45, 7) is 13.3. The molecular weight excluding hydrogens is 236 g/mol. The van der Waals surface area contributed by atoms with E-state index in [1.807, 2.05) is 6.26 Å². The van der Waals surface area contributed by atoms with Crippen molar-refractivity contribution in [1.82, 2.24) is 10.2 Å². The maximum Gasteiger partial charge on any atom is 0.122 e. The third-order valence-electron chi connectivity index (χ3n) is 4.47. The minimum absolute atomic E-state index is 0.647. The molecule has 2 rings (SSSR count). The van der Waals surface area contributed by atoms with E-state index in [1.54, 1.807) is 0 Å². The topological polar surface area (TPSA) is 28.4 Å². The Labute approximate surface area is 117 Å². The molecule has 1 aromatic heterocycles. The Kier molecular flexibility index (Phi) is 5.06. The first kappa shape index (κ1) is 14.6. The first-order valence-corrected chi connectivity index (χ1v) is 7.61. The van der Waals surface area contributed by atoms with Gasteiger partial charge in [0, 0.05) is 24.7 Å². The molecular formula is C16H28N2O. The van der Waals surface area contributed by atoms with Gasteiger partial charge in [-0.1, -0.05) is 20.8 Å². The van der Waals surface area contributed by atoms with Crippen LogP contribution in [0.3, 0.4) is 0 Å². The van der Waals surface area contributed by atoms with Crippen molar-refractivity contribution in [2.75, 3.05) is 13.1 Å². The molecule has 3 atom stereocenters. The van der Waals surface area contributed by atoms with Crippen molar-refractivity contribution in [2.24, 2.45) is 11.8 Å². The predicted molar refractivity (Wildman–Crippen MR) is 78.9 cm³/mol. The molecule has 1 fully saturated rings. The van der Waals surface area contributed by atoms with Gasteiger partial charge in [-0.25, -0.2) is 0 Å². The standard InChI is InChI=1S/C16H28N2O/c1-5-17-9-15-6-7-19-16(15)11-18-10-12(2)8-13(3)14(18)4/h6-7,12-14,17H,5,8-11H2,1-4H3. The smallest absolute Gasteiger partial charge is 0.122 e. The molecule has 0 amide bonds. The van der Waals surface area contributed by atoms with Gasteiger partial charge in [0.25, 0.3) is 0 Å².